The van der Waals surface area contributed by atoms with Gasteiger partial charge in [0.15, 0.2) is 0 Å². The second kappa shape index (κ2) is 6.40. The number of nitrogen functional groups attached to an aromatic ring is 1. The van der Waals surface area contributed by atoms with Crippen LogP contribution in [0.2, 0.25) is 0 Å². The summed E-state index contributed by atoms with van der Waals surface area (Å²) in [6.07, 6.45) is -4.61. The summed E-state index contributed by atoms with van der Waals surface area (Å²) >= 11 is 2.89. The lowest BCUT2D eigenvalue weighted by molar-refractivity contribution is -0.141. The SMILES string of the molecule is Nc1cc(C(=O)N(CCO)CC(F)(F)F)c(Br)cc1F. The van der Waals surface area contributed by atoms with E-state index in [1.807, 2.05) is 0 Å². The molecule has 1 rings (SSSR count). The van der Waals surface area contributed by atoms with Crippen molar-refractivity contribution in [3.63, 3.8) is 0 Å². The van der Waals surface area contributed by atoms with Crippen molar-refractivity contribution in [2.75, 3.05) is 25.4 Å². The van der Waals surface area contributed by atoms with Gasteiger partial charge in [-0.15, -0.1) is 0 Å². The van der Waals surface area contributed by atoms with Crippen molar-refractivity contribution < 1.29 is 27.5 Å². The van der Waals surface area contributed by atoms with Crippen molar-refractivity contribution in [3.05, 3.63) is 28.0 Å². The lowest BCUT2D eigenvalue weighted by atomic mass is 10.1. The van der Waals surface area contributed by atoms with Gasteiger partial charge in [-0.2, -0.15) is 13.2 Å². The average molecular weight is 359 g/mol. The average Bonchev–Trinajstić information content (AvgIpc) is 2.31. The summed E-state index contributed by atoms with van der Waals surface area (Å²) in [6, 6.07) is 1.84. The number of benzene rings is 1. The predicted molar refractivity (Wildman–Crippen MR) is 67.6 cm³/mol. The number of amides is 1. The van der Waals surface area contributed by atoms with Gasteiger partial charge < -0.3 is 15.7 Å². The first-order valence-corrected chi connectivity index (χ1v) is 6.16. The summed E-state index contributed by atoms with van der Waals surface area (Å²) < 4.78 is 50.3. The number of aliphatic hydroxyl groups is 1. The van der Waals surface area contributed by atoms with Gasteiger partial charge in [0.2, 0.25) is 0 Å². The van der Waals surface area contributed by atoms with Crippen LogP contribution in [-0.2, 0) is 0 Å². The number of halogens is 5. The zero-order valence-corrected chi connectivity index (χ0v) is 11.6. The maximum absolute atomic E-state index is 13.1. The van der Waals surface area contributed by atoms with E-state index in [4.69, 9.17) is 10.8 Å². The first-order valence-electron chi connectivity index (χ1n) is 5.37. The highest BCUT2D eigenvalue weighted by molar-refractivity contribution is 9.10. The summed E-state index contributed by atoms with van der Waals surface area (Å²) in [6.45, 7) is -2.64. The number of nitrogens with zero attached hydrogens (tertiary/aromatic N) is 1. The monoisotopic (exact) mass is 358 g/mol. The molecule has 112 valence electrons. The fourth-order valence-corrected chi connectivity index (χ4v) is 1.97. The van der Waals surface area contributed by atoms with Crippen molar-refractivity contribution in [1.29, 1.82) is 0 Å². The van der Waals surface area contributed by atoms with Crippen LogP contribution in [0.5, 0.6) is 0 Å². The summed E-state index contributed by atoms with van der Waals surface area (Å²) in [5, 5.41) is 8.74. The normalized spacial score (nSPS) is 11.5. The van der Waals surface area contributed by atoms with E-state index in [9.17, 15) is 22.4 Å². The summed E-state index contributed by atoms with van der Waals surface area (Å²) in [7, 11) is 0. The first kappa shape index (κ1) is 16.7. The van der Waals surface area contributed by atoms with Crippen molar-refractivity contribution in [2.24, 2.45) is 0 Å². The second-order valence-electron chi connectivity index (χ2n) is 3.92. The number of carbonyl (C=O) groups is 1. The number of hydrogen-bond donors (Lipinski definition) is 2. The van der Waals surface area contributed by atoms with E-state index in [2.05, 4.69) is 15.9 Å². The van der Waals surface area contributed by atoms with Crippen LogP contribution in [-0.4, -0.2) is 41.8 Å². The minimum atomic E-state index is -4.61. The number of hydrogen-bond acceptors (Lipinski definition) is 3. The Morgan fingerprint density at radius 3 is 2.50 bits per heavy atom. The molecule has 0 aromatic heterocycles. The highest BCUT2D eigenvalue weighted by Gasteiger charge is 2.33. The quantitative estimate of drug-likeness (QED) is 0.640. The van der Waals surface area contributed by atoms with Crippen LogP contribution in [0.4, 0.5) is 23.2 Å². The summed E-state index contributed by atoms with van der Waals surface area (Å²) in [5.74, 6) is -1.80. The number of anilines is 1. The molecule has 20 heavy (non-hydrogen) atoms. The van der Waals surface area contributed by atoms with Gasteiger partial charge in [0.05, 0.1) is 17.9 Å². The Morgan fingerprint density at radius 1 is 1.40 bits per heavy atom. The molecule has 0 atom stereocenters. The summed E-state index contributed by atoms with van der Waals surface area (Å²) in [4.78, 5) is 12.4. The Labute approximate surface area is 120 Å². The topological polar surface area (TPSA) is 66.6 Å². The number of alkyl halides is 3. The van der Waals surface area contributed by atoms with Gasteiger partial charge in [-0.05, 0) is 28.1 Å². The van der Waals surface area contributed by atoms with Gasteiger partial charge >= 0.3 is 6.18 Å². The number of aliphatic hydroxyl groups excluding tert-OH is 1. The Bertz CT molecular complexity index is 508. The maximum atomic E-state index is 13.1. The van der Waals surface area contributed by atoms with Crippen molar-refractivity contribution in [2.45, 2.75) is 6.18 Å². The molecule has 0 saturated carbocycles. The van der Waals surface area contributed by atoms with Crippen molar-refractivity contribution >= 4 is 27.5 Å². The number of nitrogens with two attached hydrogens (primary N) is 1. The smallest absolute Gasteiger partial charge is 0.396 e. The molecule has 0 heterocycles. The zero-order valence-electron chi connectivity index (χ0n) is 10.0. The van der Waals surface area contributed by atoms with Gasteiger partial charge in [-0.3, -0.25) is 4.79 Å². The standard InChI is InChI=1S/C11H11BrF4N2O2/c12-7-4-8(13)9(17)3-6(7)10(20)18(1-2-19)5-11(14,15)16/h3-4,19H,1-2,5,17H2. The molecule has 3 N–H and O–H groups in total. The van der Waals surface area contributed by atoms with E-state index >= 15 is 0 Å². The fourth-order valence-electron chi connectivity index (χ4n) is 1.49. The lowest BCUT2D eigenvalue weighted by Crippen LogP contribution is -2.40. The Balaban J connectivity index is 3.09. The Morgan fingerprint density at radius 2 is 2.00 bits per heavy atom. The van der Waals surface area contributed by atoms with E-state index in [0.717, 1.165) is 12.1 Å². The molecule has 1 amide bonds. The molecule has 0 fully saturated rings. The highest BCUT2D eigenvalue weighted by Crippen LogP contribution is 2.25. The summed E-state index contributed by atoms with van der Waals surface area (Å²) in [5.41, 5.74) is 4.73. The van der Waals surface area contributed by atoms with Crippen molar-refractivity contribution in [1.82, 2.24) is 4.90 Å². The molecule has 0 spiro atoms. The van der Waals surface area contributed by atoms with E-state index in [1.165, 1.54) is 0 Å². The largest absolute Gasteiger partial charge is 0.406 e. The van der Waals surface area contributed by atoms with Gasteiger partial charge in [0.1, 0.15) is 12.4 Å². The molecule has 9 heteroatoms. The third-order valence-corrected chi connectivity index (χ3v) is 3.00. The Hall–Kier alpha value is -1.35. The minimum absolute atomic E-state index is 0.0145. The van der Waals surface area contributed by atoms with Crippen LogP contribution < -0.4 is 5.73 Å². The molecule has 0 aliphatic carbocycles. The molecule has 0 unspecified atom stereocenters. The van der Waals surface area contributed by atoms with Crippen molar-refractivity contribution in [3.8, 4) is 0 Å². The van der Waals surface area contributed by atoms with E-state index in [-0.39, 0.29) is 15.7 Å². The molecule has 0 radical (unpaired) electrons. The molecule has 1 aromatic carbocycles. The maximum Gasteiger partial charge on any atom is 0.406 e. The first-order chi connectivity index (χ1) is 9.15. The van der Waals surface area contributed by atoms with E-state index in [0.29, 0.717) is 4.90 Å². The molecule has 1 aromatic rings. The Kier molecular flexibility index (Phi) is 5.35. The van der Waals surface area contributed by atoms with Crippen LogP contribution in [0, 0.1) is 5.82 Å². The second-order valence-corrected chi connectivity index (χ2v) is 4.77. The lowest BCUT2D eigenvalue weighted by Gasteiger charge is -2.23. The molecular weight excluding hydrogens is 348 g/mol. The molecule has 0 aliphatic rings. The number of rotatable bonds is 4. The zero-order chi connectivity index (χ0) is 15.5. The van der Waals surface area contributed by atoms with Gasteiger partial charge in [0.25, 0.3) is 5.91 Å². The fraction of sp³-hybridized carbons (Fsp3) is 0.364. The molecule has 4 nitrogen and oxygen atoms in total. The van der Waals surface area contributed by atoms with E-state index in [1.54, 1.807) is 0 Å². The van der Waals surface area contributed by atoms with Crippen LogP contribution in [0.25, 0.3) is 0 Å². The van der Waals surface area contributed by atoms with E-state index < -0.39 is 37.6 Å². The molecule has 0 aliphatic heterocycles. The van der Waals surface area contributed by atoms with Gasteiger partial charge in [-0.1, -0.05) is 0 Å². The molecule has 0 saturated heterocycles. The van der Waals surface area contributed by atoms with Crippen LogP contribution in [0.15, 0.2) is 16.6 Å². The minimum Gasteiger partial charge on any atom is -0.396 e. The van der Waals surface area contributed by atoms with Gasteiger partial charge in [0, 0.05) is 11.0 Å². The van der Waals surface area contributed by atoms with Crippen LogP contribution >= 0.6 is 15.9 Å². The third kappa shape index (κ3) is 4.34. The third-order valence-electron chi connectivity index (χ3n) is 2.34. The number of carbonyl (C=O) groups excluding carboxylic acids is 1. The molecular formula is C11H11BrF4N2O2. The van der Waals surface area contributed by atoms with Crippen LogP contribution in [0.3, 0.4) is 0 Å². The van der Waals surface area contributed by atoms with Gasteiger partial charge in [-0.25, -0.2) is 4.39 Å². The highest BCUT2D eigenvalue weighted by atomic mass is 79.9. The van der Waals surface area contributed by atoms with Crippen LogP contribution in [0.1, 0.15) is 10.4 Å². The predicted octanol–water partition coefficient (Wildman–Crippen LogP) is 2.17. The molecule has 0 bridgehead atoms.